The molecule has 0 spiro atoms. The predicted octanol–water partition coefficient (Wildman–Crippen LogP) is 4.94. The summed E-state index contributed by atoms with van der Waals surface area (Å²) < 4.78 is 15.0. The Balaban J connectivity index is 2.45. The zero-order chi connectivity index (χ0) is 13.8. The third-order valence-corrected chi connectivity index (χ3v) is 3.59. The van der Waals surface area contributed by atoms with Gasteiger partial charge in [-0.25, -0.2) is 4.39 Å². The standard InChI is InChI=1S/C15H14BrClFN/c1-2-19-15(10-4-3-5-11(16)8-10)13-7-6-12(17)9-14(13)18/h3-9,15,19H,2H2,1H3. The summed E-state index contributed by atoms with van der Waals surface area (Å²) in [5.74, 6) is -0.293. The van der Waals surface area contributed by atoms with Crippen LogP contribution in [0.2, 0.25) is 5.02 Å². The van der Waals surface area contributed by atoms with E-state index in [4.69, 9.17) is 11.6 Å². The lowest BCUT2D eigenvalue weighted by Crippen LogP contribution is -2.23. The van der Waals surface area contributed by atoms with E-state index in [0.29, 0.717) is 10.6 Å². The third kappa shape index (κ3) is 3.56. The molecule has 1 atom stereocenters. The highest BCUT2D eigenvalue weighted by atomic mass is 79.9. The number of halogens is 3. The minimum Gasteiger partial charge on any atom is -0.306 e. The van der Waals surface area contributed by atoms with Crippen molar-refractivity contribution in [1.29, 1.82) is 0 Å². The molecule has 1 nitrogen and oxygen atoms in total. The van der Waals surface area contributed by atoms with E-state index in [1.54, 1.807) is 12.1 Å². The van der Waals surface area contributed by atoms with Crippen LogP contribution in [0.5, 0.6) is 0 Å². The quantitative estimate of drug-likeness (QED) is 0.830. The summed E-state index contributed by atoms with van der Waals surface area (Å²) in [6.45, 7) is 2.75. The molecule has 1 unspecified atom stereocenters. The molecule has 0 bridgehead atoms. The molecule has 0 fully saturated rings. The zero-order valence-electron chi connectivity index (χ0n) is 10.5. The van der Waals surface area contributed by atoms with E-state index in [0.717, 1.165) is 16.6 Å². The first-order valence-electron chi connectivity index (χ1n) is 6.05. The molecule has 0 amide bonds. The fourth-order valence-electron chi connectivity index (χ4n) is 2.03. The fraction of sp³-hybridized carbons (Fsp3) is 0.200. The van der Waals surface area contributed by atoms with Crippen molar-refractivity contribution in [2.24, 2.45) is 0 Å². The van der Waals surface area contributed by atoms with Gasteiger partial charge in [0.2, 0.25) is 0 Å². The summed E-state index contributed by atoms with van der Waals surface area (Å²) in [5, 5.41) is 3.71. The van der Waals surface area contributed by atoms with Crippen LogP contribution in [0.1, 0.15) is 24.1 Å². The molecule has 0 aromatic heterocycles. The van der Waals surface area contributed by atoms with Gasteiger partial charge in [0.25, 0.3) is 0 Å². The molecule has 100 valence electrons. The predicted molar refractivity (Wildman–Crippen MR) is 81.1 cm³/mol. The van der Waals surface area contributed by atoms with Crippen LogP contribution in [0.15, 0.2) is 46.9 Å². The second-order valence-corrected chi connectivity index (χ2v) is 5.56. The Morgan fingerprint density at radius 3 is 2.68 bits per heavy atom. The molecule has 2 rings (SSSR count). The Hall–Kier alpha value is -0.900. The molecule has 19 heavy (non-hydrogen) atoms. The normalized spacial score (nSPS) is 12.4. The van der Waals surface area contributed by atoms with Gasteiger partial charge in [-0.15, -0.1) is 0 Å². The van der Waals surface area contributed by atoms with E-state index in [9.17, 15) is 4.39 Å². The van der Waals surface area contributed by atoms with Crippen molar-refractivity contribution in [3.63, 3.8) is 0 Å². The van der Waals surface area contributed by atoms with Gasteiger partial charge in [-0.1, -0.05) is 52.7 Å². The molecule has 0 saturated carbocycles. The lowest BCUT2D eigenvalue weighted by Gasteiger charge is -2.20. The fourth-order valence-corrected chi connectivity index (χ4v) is 2.61. The first-order valence-corrected chi connectivity index (χ1v) is 7.22. The molecule has 4 heteroatoms. The molecule has 0 saturated heterocycles. The molecule has 0 aliphatic heterocycles. The van der Waals surface area contributed by atoms with Gasteiger partial charge in [0.15, 0.2) is 0 Å². The van der Waals surface area contributed by atoms with Crippen LogP contribution in [0.3, 0.4) is 0 Å². The lowest BCUT2D eigenvalue weighted by molar-refractivity contribution is 0.559. The molecule has 0 aliphatic carbocycles. The van der Waals surface area contributed by atoms with Gasteiger partial charge < -0.3 is 5.32 Å². The molecule has 2 aromatic rings. The van der Waals surface area contributed by atoms with E-state index in [1.807, 2.05) is 31.2 Å². The highest BCUT2D eigenvalue weighted by Gasteiger charge is 2.17. The molecule has 1 N–H and O–H groups in total. The monoisotopic (exact) mass is 341 g/mol. The van der Waals surface area contributed by atoms with Crippen molar-refractivity contribution in [1.82, 2.24) is 5.32 Å². The Kier molecular flexibility index (Phi) is 4.97. The van der Waals surface area contributed by atoms with Crippen LogP contribution >= 0.6 is 27.5 Å². The minimum atomic E-state index is -0.293. The van der Waals surface area contributed by atoms with E-state index in [1.165, 1.54) is 6.07 Å². The highest BCUT2D eigenvalue weighted by molar-refractivity contribution is 9.10. The maximum absolute atomic E-state index is 14.1. The SMILES string of the molecule is CCNC(c1cccc(Br)c1)c1ccc(Cl)cc1F. The molecule has 2 aromatic carbocycles. The third-order valence-electron chi connectivity index (χ3n) is 2.86. The van der Waals surface area contributed by atoms with Gasteiger partial charge in [-0.2, -0.15) is 0 Å². The van der Waals surface area contributed by atoms with Crippen molar-refractivity contribution in [3.8, 4) is 0 Å². The maximum Gasteiger partial charge on any atom is 0.129 e. The van der Waals surface area contributed by atoms with Crippen molar-refractivity contribution < 1.29 is 4.39 Å². The van der Waals surface area contributed by atoms with Crippen LogP contribution in [-0.2, 0) is 0 Å². The Bertz CT molecular complexity index is 574. The highest BCUT2D eigenvalue weighted by Crippen LogP contribution is 2.27. The number of nitrogens with one attached hydrogen (secondary N) is 1. The lowest BCUT2D eigenvalue weighted by atomic mass is 9.98. The van der Waals surface area contributed by atoms with Gasteiger partial charge in [0.1, 0.15) is 5.82 Å². The number of hydrogen-bond acceptors (Lipinski definition) is 1. The first-order chi connectivity index (χ1) is 9.11. The molecule has 0 aliphatic rings. The summed E-state index contributed by atoms with van der Waals surface area (Å²) in [6.07, 6.45) is 0. The van der Waals surface area contributed by atoms with Crippen LogP contribution < -0.4 is 5.32 Å². The van der Waals surface area contributed by atoms with Crippen LogP contribution in [0, 0.1) is 5.82 Å². The minimum absolute atomic E-state index is 0.181. The zero-order valence-corrected chi connectivity index (χ0v) is 12.8. The smallest absolute Gasteiger partial charge is 0.129 e. The average Bonchev–Trinajstić information content (AvgIpc) is 2.37. The number of rotatable bonds is 4. The van der Waals surface area contributed by atoms with Crippen molar-refractivity contribution >= 4 is 27.5 Å². The summed E-state index contributed by atoms with van der Waals surface area (Å²) in [6, 6.07) is 12.5. The molecular weight excluding hydrogens is 329 g/mol. The Labute approximate surface area is 125 Å². The molecule has 0 radical (unpaired) electrons. The van der Waals surface area contributed by atoms with Gasteiger partial charge in [-0.3, -0.25) is 0 Å². The van der Waals surface area contributed by atoms with Crippen molar-refractivity contribution in [2.45, 2.75) is 13.0 Å². The van der Waals surface area contributed by atoms with Gasteiger partial charge >= 0.3 is 0 Å². The van der Waals surface area contributed by atoms with E-state index < -0.39 is 0 Å². The summed E-state index contributed by atoms with van der Waals surface area (Å²) in [5.41, 5.74) is 1.61. The van der Waals surface area contributed by atoms with E-state index in [2.05, 4.69) is 21.2 Å². The largest absolute Gasteiger partial charge is 0.306 e. The second-order valence-electron chi connectivity index (χ2n) is 4.21. The summed E-state index contributed by atoms with van der Waals surface area (Å²) >= 11 is 9.24. The van der Waals surface area contributed by atoms with Crippen LogP contribution in [0.4, 0.5) is 4.39 Å². The van der Waals surface area contributed by atoms with Crippen LogP contribution in [0.25, 0.3) is 0 Å². The number of benzene rings is 2. The summed E-state index contributed by atoms with van der Waals surface area (Å²) in [7, 11) is 0. The van der Waals surface area contributed by atoms with Crippen molar-refractivity contribution in [2.75, 3.05) is 6.54 Å². The summed E-state index contributed by atoms with van der Waals surface area (Å²) in [4.78, 5) is 0. The van der Waals surface area contributed by atoms with Gasteiger partial charge in [0, 0.05) is 15.1 Å². The molecule has 0 heterocycles. The maximum atomic E-state index is 14.1. The average molecular weight is 343 g/mol. The topological polar surface area (TPSA) is 12.0 Å². The second kappa shape index (κ2) is 6.51. The van der Waals surface area contributed by atoms with Crippen LogP contribution in [-0.4, -0.2) is 6.54 Å². The van der Waals surface area contributed by atoms with Gasteiger partial charge in [-0.05, 0) is 36.4 Å². The first kappa shape index (κ1) is 14.5. The Morgan fingerprint density at radius 2 is 2.05 bits per heavy atom. The van der Waals surface area contributed by atoms with Gasteiger partial charge in [0.05, 0.1) is 6.04 Å². The Morgan fingerprint density at radius 1 is 1.26 bits per heavy atom. The van der Waals surface area contributed by atoms with E-state index >= 15 is 0 Å². The van der Waals surface area contributed by atoms with E-state index in [-0.39, 0.29) is 11.9 Å². The number of hydrogen-bond donors (Lipinski definition) is 1. The van der Waals surface area contributed by atoms with Crippen molar-refractivity contribution in [3.05, 3.63) is 68.9 Å². The molecular formula is C15H14BrClFN.